The Morgan fingerprint density at radius 1 is 1.02 bits per heavy atom. The van der Waals surface area contributed by atoms with E-state index in [4.69, 9.17) is 14.9 Å². The highest BCUT2D eigenvalue weighted by molar-refractivity contribution is 8.20. The molecule has 4 N–H and O–H groups in total. The molecular formula is C35H51N3O5S2Si. The molecule has 1 aliphatic heterocycles. The third-order valence-corrected chi connectivity index (χ3v) is 16.9. The summed E-state index contributed by atoms with van der Waals surface area (Å²) in [5, 5.41) is 11.2. The molecule has 2 heterocycles. The monoisotopic (exact) mass is 685 g/mol. The lowest BCUT2D eigenvalue weighted by Crippen LogP contribution is -2.46. The van der Waals surface area contributed by atoms with Crippen molar-refractivity contribution < 1.29 is 19.1 Å². The lowest BCUT2D eigenvalue weighted by atomic mass is 10.0. The van der Waals surface area contributed by atoms with Crippen LogP contribution in [0.15, 0.2) is 53.3 Å². The number of nitrogen functional groups attached to an aromatic ring is 1. The number of nitrogens with zero attached hydrogens (tertiary/aromatic N) is 1. The van der Waals surface area contributed by atoms with Gasteiger partial charge in [0.1, 0.15) is 11.4 Å². The number of carbonyl (C=O) groups is 1. The van der Waals surface area contributed by atoms with Crippen LogP contribution in [0, 0.1) is 0 Å². The summed E-state index contributed by atoms with van der Waals surface area (Å²) in [7, 11) is -2.35. The fourth-order valence-electron chi connectivity index (χ4n) is 5.36. The standard InChI is InChI=1S/C35H51N3O5S2Si/c1-33(2,3)42-32(41)38(20-10-9-19-35(44-21-22-45-35)24-11-13-25(36)14-12-24)23-29(43-46(7,8)34(4,5)6)26-15-17-28(39)31-27(26)16-18-30(40)37-31/h11-18,29,39H,9-10,19-23,36H2,1-8H3,(H,37,40). The number of hydrogen-bond donors (Lipinski definition) is 3. The van der Waals surface area contributed by atoms with E-state index in [0.29, 0.717) is 17.4 Å². The Morgan fingerprint density at radius 2 is 1.67 bits per heavy atom. The second-order valence-corrected chi connectivity index (χ2v) is 22.4. The van der Waals surface area contributed by atoms with Crippen LogP contribution in [-0.2, 0) is 13.2 Å². The minimum Gasteiger partial charge on any atom is -0.506 e. The van der Waals surface area contributed by atoms with Gasteiger partial charge in [-0.1, -0.05) is 39.0 Å². The molecule has 0 bridgehead atoms. The summed E-state index contributed by atoms with van der Waals surface area (Å²) in [6, 6.07) is 14.8. The van der Waals surface area contributed by atoms with Gasteiger partial charge >= 0.3 is 6.09 Å². The van der Waals surface area contributed by atoms with Crippen molar-refractivity contribution in [2.24, 2.45) is 0 Å². The van der Waals surface area contributed by atoms with Crippen molar-refractivity contribution in [1.29, 1.82) is 0 Å². The largest absolute Gasteiger partial charge is 0.506 e. The van der Waals surface area contributed by atoms with E-state index in [1.54, 1.807) is 17.0 Å². The van der Waals surface area contributed by atoms with Gasteiger partial charge in [-0.15, -0.1) is 23.5 Å². The van der Waals surface area contributed by atoms with Gasteiger partial charge < -0.3 is 29.9 Å². The Balaban J connectivity index is 1.63. The number of phenolic OH excluding ortho intramolecular Hbond substituents is 1. The van der Waals surface area contributed by atoms with Crippen LogP contribution < -0.4 is 11.3 Å². The number of nitrogens with one attached hydrogen (secondary N) is 1. The maximum absolute atomic E-state index is 13.8. The quantitative estimate of drug-likeness (QED) is 0.104. The van der Waals surface area contributed by atoms with Crippen LogP contribution in [0.3, 0.4) is 0 Å². The number of phenols is 1. The smallest absolute Gasteiger partial charge is 0.410 e. The fourth-order valence-corrected chi connectivity index (χ4v) is 9.97. The van der Waals surface area contributed by atoms with Gasteiger partial charge in [0.25, 0.3) is 0 Å². The van der Waals surface area contributed by atoms with Gasteiger partial charge in [-0.25, -0.2) is 4.79 Å². The maximum atomic E-state index is 13.8. The van der Waals surface area contributed by atoms with Gasteiger partial charge in [-0.3, -0.25) is 4.79 Å². The second kappa shape index (κ2) is 14.3. The molecule has 1 aromatic heterocycles. The number of anilines is 1. The van der Waals surface area contributed by atoms with Gasteiger partial charge in [0, 0.05) is 35.2 Å². The normalized spacial score (nSPS) is 16.0. The number of hydrogen-bond acceptors (Lipinski definition) is 8. The molecule has 252 valence electrons. The Kier molecular flexibility index (Phi) is 11.2. The Hall–Kier alpha value is -2.60. The first-order valence-electron chi connectivity index (χ1n) is 16.1. The van der Waals surface area contributed by atoms with E-state index < -0.39 is 20.0 Å². The van der Waals surface area contributed by atoms with Crippen LogP contribution in [0.1, 0.15) is 78.0 Å². The molecule has 11 heteroatoms. The molecule has 3 aromatic rings. The van der Waals surface area contributed by atoms with Crippen LogP contribution in [0.25, 0.3) is 10.9 Å². The summed E-state index contributed by atoms with van der Waals surface area (Å²) in [5.41, 5.74) is 8.25. The third-order valence-electron chi connectivity index (χ3n) is 8.82. The number of aromatic hydroxyl groups is 1. The summed E-state index contributed by atoms with van der Waals surface area (Å²) in [6.45, 7) is 17.3. The predicted octanol–water partition coefficient (Wildman–Crippen LogP) is 8.62. The molecule has 1 atom stereocenters. The zero-order chi connectivity index (χ0) is 33.9. The average molecular weight is 686 g/mol. The Morgan fingerprint density at radius 3 is 2.28 bits per heavy atom. The van der Waals surface area contributed by atoms with Crippen molar-refractivity contribution >= 4 is 54.5 Å². The van der Waals surface area contributed by atoms with Crippen LogP contribution in [0.4, 0.5) is 10.5 Å². The van der Waals surface area contributed by atoms with Crippen molar-refractivity contribution in [2.45, 2.75) is 94.7 Å². The molecule has 8 nitrogen and oxygen atoms in total. The van der Waals surface area contributed by atoms with Crippen LogP contribution in [-0.4, -0.2) is 59.6 Å². The number of benzene rings is 2. The van der Waals surface area contributed by atoms with Gasteiger partial charge in [-0.2, -0.15) is 0 Å². The van der Waals surface area contributed by atoms with E-state index in [-0.39, 0.29) is 33.1 Å². The maximum Gasteiger partial charge on any atom is 0.410 e. The Bertz CT molecular complexity index is 1560. The molecule has 0 aliphatic carbocycles. The van der Waals surface area contributed by atoms with Gasteiger partial charge in [0.05, 0.1) is 22.2 Å². The van der Waals surface area contributed by atoms with E-state index in [2.05, 4.69) is 51.0 Å². The van der Waals surface area contributed by atoms with Crippen molar-refractivity contribution in [1.82, 2.24) is 9.88 Å². The third kappa shape index (κ3) is 8.84. The summed E-state index contributed by atoms with van der Waals surface area (Å²) >= 11 is 3.99. The van der Waals surface area contributed by atoms with Crippen molar-refractivity contribution in [3.05, 3.63) is 70.0 Å². The van der Waals surface area contributed by atoms with Gasteiger partial charge in [0.2, 0.25) is 5.56 Å². The molecule has 1 unspecified atom stereocenters. The summed E-state index contributed by atoms with van der Waals surface area (Å²) in [5.74, 6) is 2.21. The first-order chi connectivity index (χ1) is 21.4. The van der Waals surface area contributed by atoms with Gasteiger partial charge in [0.15, 0.2) is 8.32 Å². The fraction of sp³-hybridized carbons (Fsp3) is 0.543. The second-order valence-electron chi connectivity index (χ2n) is 14.6. The highest BCUT2D eigenvalue weighted by atomic mass is 32.2. The minimum atomic E-state index is -2.35. The molecule has 1 fully saturated rings. The topological polar surface area (TPSA) is 118 Å². The zero-order valence-electron chi connectivity index (χ0n) is 28.6. The number of rotatable bonds is 11. The van der Waals surface area contributed by atoms with Crippen molar-refractivity contribution in [2.75, 3.05) is 30.3 Å². The Labute approximate surface area is 283 Å². The molecule has 0 saturated carbocycles. The zero-order valence-corrected chi connectivity index (χ0v) is 31.2. The number of H-pyrrole nitrogens is 1. The number of thioether (sulfide) groups is 2. The molecule has 4 rings (SSSR count). The molecular weight excluding hydrogens is 635 g/mol. The molecule has 0 radical (unpaired) electrons. The van der Waals surface area contributed by atoms with Gasteiger partial charge in [-0.05, 0) is 93.6 Å². The molecule has 2 aromatic carbocycles. The number of aromatic nitrogens is 1. The molecule has 1 amide bonds. The number of ether oxygens (including phenoxy) is 1. The highest BCUT2D eigenvalue weighted by Crippen LogP contribution is 2.55. The molecule has 1 aliphatic rings. The molecule has 1 saturated heterocycles. The number of amides is 1. The first kappa shape index (κ1) is 36.2. The molecule has 46 heavy (non-hydrogen) atoms. The van der Waals surface area contributed by atoms with Crippen LogP contribution in [0.2, 0.25) is 18.1 Å². The van der Waals surface area contributed by atoms with E-state index in [0.717, 1.165) is 42.0 Å². The molecule has 0 spiro atoms. The minimum absolute atomic E-state index is 0.00999. The van der Waals surface area contributed by atoms with Crippen LogP contribution >= 0.6 is 23.5 Å². The lowest BCUT2D eigenvalue weighted by molar-refractivity contribution is 0.0153. The number of nitrogens with two attached hydrogens (primary N) is 1. The van der Waals surface area contributed by atoms with E-state index in [1.807, 2.05) is 62.5 Å². The highest BCUT2D eigenvalue weighted by Gasteiger charge is 2.41. The summed E-state index contributed by atoms with van der Waals surface area (Å²) in [4.78, 5) is 30.5. The predicted molar refractivity (Wildman–Crippen MR) is 196 cm³/mol. The summed E-state index contributed by atoms with van der Waals surface area (Å²) in [6.07, 6.45) is 1.82. The van der Waals surface area contributed by atoms with E-state index in [9.17, 15) is 14.7 Å². The number of fused-ring (bicyclic) bond motifs is 1. The van der Waals surface area contributed by atoms with E-state index in [1.165, 1.54) is 11.6 Å². The van der Waals surface area contributed by atoms with Crippen LogP contribution in [0.5, 0.6) is 5.75 Å². The first-order valence-corrected chi connectivity index (χ1v) is 20.9. The lowest BCUT2D eigenvalue weighted by Gasteiger charge is -2.41. The number of pyridine rings is 1. The van der Waals surface area contributed by atoms with E-state index >= 15 is 0 Å². The summed E-state index contributed by atoms with van der Waals surface area (Å²) < 4.78 is 13.0. The number of carbonyl (C=O) groups excluding carboxylic acids is 1. The van der Waals surface area contributed by atoms with Crippen molar-refractivity contribution in [3.63, 3.8) is 0 Å². The number of unbranched alkanes of at least 4 members (excludes halogenated alkanes) is 1. The number of aromatic amines is 1. The van der Waals surface area contributed by atoms with Crippen molar-refractivity contribution in [3.8, 4) is 5.75 Å². The SMILES string of the molecule is CC(C)(C)OC(=O)N(CCCCC1(c2ccc(N)cc2)SCCS1)CC(O[Si](C)(C)C(C)(C)C)c1ccc(O)c2[nH]c(=O)ccc12. The average Bonchev–Trinajstić information content (AvgIpc) is 3.43.